The molecule has 4 nitrogen and oxygen atoms in total. The monoisotopic (exact) mass is 287 g/mol. The van der Waals surface area contributed by atoms with Crippen molar-refractivity contribution in [3.8, 4) is 0 Å². The summed E-state index contributed by atoms with van der Waals surface area (Å²) in [6, 6.07) is 8.37. The Kier molecular flexibility index (Phi) is 3.76. The second-order valence-corrected chi connectivity index (χ2v) is 6.38. The number of aryl methyl sites for hydroxylation is 1. The Labute approximate surface area is 127 Å². The van der Waals surface area contributed by atoms with E-state index in [1.165, 1.54) is 11.1 Å². The van der Waals surface area contributed by atoms with Crippen molar-refractivity contribution >= 4 is 5.91 Å². The van der Waals surface area contributed by atoms with Crippen LogP contribution in [0.25, 0.3) is 0 Å². The second kappa shape index (κ2) is 5.43. The number of nitrogens with one attached hydrogen (secondary N) is 1. The van der Waals surface area contributed by atoms with Crippen LogP contribution in [0, 0.1) is 6.92 Å². The Hall–Kier alpha value is -1.39. The van der Waals surface area contributed by atoms with Gasteiger partial charge >= 0.3 is 0 Å². The molecule has 0 aromatic heterocycles. The van der Waals surface area contributed by atoms with Crippen LogP contribution in [0.5, 0.6) is 0 Å². The van der Waals surface area contributed by atoms with Crippen molar-refractivity contribution < 1.29 is 4.79 Å². The van der Waals surface area contributed by atoms with Crippen LogP contribution in [-0.2, 0) is 4.79 Å². The molecule has 4 heteroatoms. The molecule has 1 aromatic carbocycles. The molecule has 114 valence electrons. The molecule has 1 saturated heterocycles. The van der Waals surface area contributed by atoms with Crippen LogP contribution in [0.3, 0.4) is 0 Å². The third-order valence-corrected chi connectivity index (χ3v) is 4.89. The molecule has 21 heavy (non-hydrogen) atoms. The van der Waals surface area contributed by atoms with Gasteiger partial charge in [-0.2, -0.15) is 0 Å². The highest BCUT2D eigenvalue weighted by Gasteiger charge is 2.59. The fourth-order valence-electron chi connectivity index (χ4n) is 3.08. The third kappa shape index (κ3) is 2.58. The van der Waals surface area contributed by atoms with Crippen LogP contribution >= 0.6 is 0 Å². The first-order chi connectivity index (χ1) is 10.1. The molecule has 1 spiro atoms. The number of benzene rings is 1. The van der Waals surface area contributed by atoms with Crippen LogP contribution in [0.4, 0.5) is 0 Å². The van der Waals surface area contributed by atoms with E-state index in [0.717, 1.165) is 32.5 Å². The number of amides is 1. The fraction of sp³-hybridized carbons (Fsp3) is 0.588. The molecule has 0 bridgehead atoms. The maximum Gasteiger partial charge on any atom is 0.244 e. The lowest BCUT2D eigenvalue weighted by Gasteiger charge is -2.27. The quantitative estimate of drug-likeness (QED) is 0.898. The lowest BCUT2D eigenvalue weighted by molar-refractivity contribution is -0.131. The molecule has 0 radical (unpaired) electrons. The number of carbonyl (C=O) groups excluding carboxylic acids is 1. The Balaban J connectivity index is 1.83. The van der Waals surface area contributed by atoms with Gasteiger partial charge in [0.15, 0.2) is 0 Å². The van der Waals surface area contributed by atoms with Crippen LogP contribution in [0.15, 0.2) is 24.3 Å². The van der Waals surface area contributed by atoms with Crippen molar-refractivity contribution in [2.24, 2.45) is 0 Å². The van der Waals surface area contributed by atoms with Gasteiger partial charge in [-0.1, -0.05) is 31.2 Å². The van der Waals surface area contributed by atoms with Gasteiger partial charge in [-0.3, -0.25) is 10.1 Å². The summed E-state index contributed by atoms with van der Waals surface area (Å²) >= 11 is 0. The largest absolute Gasteiger partial charge is 0.320 e. The maximum atomic E-state index is 12.7. The summed E-state index contributed by atoms with van der Waals surface area (Å²) < 4.78 is 0. The smallest absolute Gasteiger partial charge is 0.244 e. The second-order valence-electron chi connectivity index (χ2n) is 6.38. The maximum absolute atomic E-state index is 12.7. The molecule has 3 rings (SSSR count). The first-order valence-corrected chi connectivity index (χ1v) is 7.90. The van der Waals surface area contributed by atoms with E-state index < -0.39 is 0 Å². The molecule has 1 saturated carbocycles. The van der Waals surface area contributed by atoms with E-state index in [-0.39, 0.29) is 11.7 Å². The van der Waals surface area contributed by atoms with Crippen LogP contribution in [0.2, 0.25) is 0 Å². The van der Waals surface area contributed by atoms with E-state index in [4.69, 9.17) is 0 Å². The van der Waals surface area contributed by atoms with Gasteiger partial charge in [0, 0.05) is 13.1 Å². The van der Waals surface area contributed by atoms with Crippen LogP contribution in [-0.4, -0.2) is 47.9 Å². The van der Waals surface area contributed by atoms with E-state index in [9.17, 15) is 4.79 Å². The van der Waals surface area contributed by atoms with E-state index in [1.807, 2.05) is 4.90 Å². The van der Waals surface area contributed by atoms with Crippen molar-refractivity contribution in [1.29, 1.82) is 0 Å². The minimum atomic E-state index is -0.252. The number of hydrogen-bond donors (Lipinski definition) is 1. The Morgan fingerprint density at radius 1 is 1.38 bits per heavy atom. The average molecular weight is 287 g/mol. The van der Waals surface area contributed by atoms with Gasteiger partial charge in [0.25, 0.3) is 0 Å². The van der Waals surface area contributed by atoms with Crippen molar-refractivity contribution in [1.82, 2.24) is 15.1 Å². The molecule has 1 atom stereocenters. The lowest BCUT2D eigenvalue weighted by atomic mass is 10.1. The highest BCUT2D eigenvalue weighted by Crippen LogP contribution is 2.46. The van der Waals surface area contributed by atoms with Crippen molar-refractivity contribution in [2.75, 3.05) is 26.7 Å². The molecule has 1 aliphatic heterocycles. The number of likely N-dealkylation sites (N-methyl/N-ethyl adjacent to an activating group) is 1. The Bertz CT molecular complexity index is 539. The number of carbonyl (C=O) groups is 1. The predicted molar refractivity (Wildman–Crippen MR) is 83.9 cm³/mol. The van der Waals surface area contributed by atoms with E-state index in [2.05, 4.69) is 55.4 Å². The van der Waals surface area contributed by atoms with E-state index >= 15 is 0 Å². The lowest BCUT2D eigenvalue weighted by Crippen LogP contribution is -2.38. The molecule has 1 amide bonds. The molecule has 2 fully saturated rings. The van der Waals surface area contributed by atoms with Gasteiger partial charge in [0.2, 0.25) is 5.91 Å². The zero-order valence-electron chi connectivity index (χ0n) is 13.2. The van der Waals surface area contributed by atoms with E-state index in [0.29, 0.717) is 5.91 Å². The zero-order chi connectivity index (χ0) is 15.0. The van der Waals surface area contributed by atoms with Gasteiger partial charge in [0.05, 0.1) is 0 Å². The Morgan fingerprint density at radius 2 is 2.10 bits per heavy atom. The molecular formula is C17H25N3O. The predicted octanol–water partition coefficient (Wildman–Crippen LogP) is 1.91. The summed E-state index contributed by atoms with van der Waals surface area (Å²) in [5.74, 6) is 0.292. The summed E-state index contributed by atoms with van der Waals surface area (Å²) in [6.45, 7) is 6.98. The third-order valence-electron chi connectivity index (χ3n) is 4.89. The summed E-state index contributed by atoms with van der Waals surface area (Å²) in [7, 11) is 2.10. The summed E-state index contributed by atoms with van der Waals surface area (Å²) in [4.78, 5) is 17.0. The van der Waals surface area contributed by atoms with Gasteiger partial charge in [-0.25, -0.2) is 0 Å². The van der Waals surface area contributed by atoms with Crippen LogP contribution < -0.4 is 5.32 Å². The first kappa shape index (κ1) is 14.5. The first-order valence-electron chi connectivity index (χ1n) is 7.90. The molecule has 1 N–H and O–H groups in total. The molecule has 1 aromatic rings. The zero-order valence-corrected chi connectivity index (χ0v) is 13.2. The average Bonchev–Trinajstić information content (AvgIpc) is 3.21. The fourth-order valence-corrected chi connectivity index (χ4v) is 3.08. The van der Waals surface area contributed by atoms with Gasteiger partial charge in [-0.05, 0) is 44.5 Å². The molecule has 1 heterocycles. The number of nitrogens with zero attached hydrogens (tertiary/aromatic N) is 2. The summed E-state index contributed by atoms with van der Waals surface area (Å²) in [5, 5.41) is 3.60. The minimum Gasteiger partial charge on any atom is -0.320 e. The minimum absolute atomic E-state index is 0.0338. The number of rotatable bonds is 5. The topological polar surface area (TPSA) is 35.6 Å². The van der Waals surface area contributed by atoms with Gasteiger partial charge < -0.3 is 9.80 Å². The van der Waals surface area contributed by atoms with Gasteiger partial charge in [-0.15, -0.1) is 0 Å². The Morgan fingerprint density at radius 3 is 2.71 bits per heavy atom. The SMILES string of the molecule is CCN(C)CCN1C(=O)C2(CC2)NC1c1ccccc1C. The van der Waals surface area contributed by atoms with Crippen molar-refractivity contribution in [3.05, 3.63) is 35.4 Å². The summed E-state index contributed by atoms with van der Waals surface area (Å²) in [5.41, 5.74) is 2.22. The van der Waals surface area contributed by atoms with E-state index in [1.54, 1.807) is 0 Å². The highest BCUT2D eigenvalue weighted by molar-refractivity contribution is 5.92. The van der Waals surface area contributed by atoms with Crippen LogP contribution in [0.1, 0.15) is 37.1 Å². The highest BCUT2D eigenvalue weighted by atomic mass is 16.2. The molecule has 1 aliphatic carbocycles. The summed E-state index contributed by atoms with van der Waals surface area (Å²) in [6.07, 6.45) is 1.99. The standard InChI is InChI=1S/C17H25N3O/c1-4-19(3)11-12-20-15(14-8-6-5-7-13(14)2)18-17(9-10-17)16(20)21/h5-8,15,18H,4,9-12H2,1-3H3. The van der Waals surface area contributed by atoms with Crippen molar-refractivity contribution in [3.63, 3.8) is 0 Å². The number of hydrogen-bond acceptors (Lipinski definition) is 3. The normalized spacial score (nSPS) is 23.3. The van der Waals surface area contributed by atoms with Crippen molar-refractivity contribution in [2.45, 2.75) is 38.4 Å². The van der Waals surface area contributed by atoms with Gasteiger partial charge in [0.1, 0.15) is 11.7 Å². The molecule has 1 unspecified atom stereocenters. The molecular weight excluding hydrogens is 262 g/mol. The molecule has 2 aliphatic rings.